The summed E-state index contributed by atoms with van der Waals surface area (Å²) in [6.45, 7) is 4.82. The van der Waals surface area contributed by atoms with Crippen LogP contribution in [0.2, 0.25) is 5.02 Å². The molecule has 2 aromatic rings. The lowest BCUT2D eigenvalue weighted by Gasteiger charge is -2.14. The Bertz CT molecular complexity index is 726. The highest BCUT2D eigenvalue weighted by Gasteiger charge is 2.22. The molecule has 1 aliphatic heterocycles. The van der Waals surface area contributed by atoms with Gasteiger partial charge in [-0.2, -0.15) is 0 Å². The van der Waals surface area contributed by atoms with Gasteiger partial charge in [-0.25, -0.2) is 0 Å². The molecule has 0 atom stereocenters. The summed E-state index contributed by atoms with van der Waals surface area (Å²) >= 11 is 6.42. The fourth-order valence-electron chi connectivity index (χ4n) is 2.51. The van der Waals surface area contributed by atoms with E-state index >= 15 is 0 Å². The number of hydrogen-bond donors (Lipinski definition) is 1. The molecule has 4 nitrogen and oxygen atoms in total. The largest absolute Gasteiger partial charge is 0.489 e. The summed E-state index contributed by atoms with van der Waals surface area (Å²) in [6.07, 6.45) is 2.53. The highest BCUT2D eigenvalue weighted by Crippen LogP contribution is 2.36. The Hall–Kier alpha value is -2.07. The normalized spacial score (nSPS) is 13.9. The maximum absolute atomic E-state index is 12.2. The van der Waals surface area contributed by atoms with Crippen LogP contribution in [-0.4, -0.2) is 24.0 Å². The number of pyridine rings is 1. The summed E-state index contributed by atoms with van der Waals surface area (Å²) in [5.74, 6) is 0.345. The Morgan fingerprint density at radius 1 is 1.36 bits per heavy atom. The molecule has 0 saturated heterocycles. The Morgan fingerprint density at radius 2 is 2.18 bits per heavy atom. The van der Waals surface area contributed by atoms with E-state index in [1.807, 2.05) is 38.2 Å². The van der Waals surface area contributed by atoms with E-state index in [0.717, 1.165) is 22.4 Å². The quantitative estimate of drug-likeness (QED) is 0.926. The van der Waals surface area contributed by atoms with Crippen LogP contribution in [0, 0.1) is 13.8 Å². The third kappa shape index (κ3) is 2.79. The molecule has 0 aliphatic carbocycles. The van der Waals surface area contributed by atoms with Crippen LogP contribution in [0.15, 0.2) is 24.4 Å². The van der Waals surface area contributed by atoms with Crippen LogP contribution in [0.4, 0.5) is 0 Å². The van der Waals surface area contributed by atoms with Gasteiger partial charge in [0, 0.05) is 11.9 Å². The number of benzene rings is 1. The van der Waals surface area contributed by atoms with Gasteiger partial charge in [-0.3, -0.25) is 9.78 Å². The second-order valence-corrected chi connectivity index (χ2v) is 5.82. The van der Waals surface area contributed by atoms with Gasteiger partial charge in [-0.05, 0) is 49.1 Å². The topological polar surface area (TPSA) is 51.2 Å². The number of aromatic nitrogens is 1. The third-order valence-electron chi connectivity index (χ3n) is 3.82. The molecule has 0 bridgehead atoms. The second-order valence-electron chi connectivity index (χ2n) is 5.44. The lowest BCUT2D eigenvalue weighted by molar-refractivity contribution is 0.0957. The minimum absolute atomic E-state index is 0.141. The molecule has 1 N–H and O–H groups in total. The van der Waals surface area contributed by atoms with E-state index in [-0.39, 0.29) is 5.91 Å². The number of hydrogen-bond acceptors (Lipinski definition) is 3. The molecule has 0 spiro atoms. The molecule has 1 aromatic carbocycles. The van der Waals surface area contributed by atoms with Crippen molar-refractivity contribution in [3.8, 4) is 5.75 Å². The van der Waals surface area contributed by atoms with Gasteiger partial charge in [0.25, 0.3) is 5.91 Å². The van der Waals surface area contributed by atoms with Crippen molar-refractivity contribution in [2.45, 2.75) is 20.3 Å². The standard InChI is InChI=1S/C17H17ClN2O2/c1-10-3-4-12(9-20-10)7-13-8-14-16(15(18)11(13)2)22-6-5-19-17(14)21/h3-4,8-9H,5-7H2,1-2H3,(H,19,21). The highest BCUT2D eigenvalue weighted by atomic mass is 35.5. The highest BCUT2D eigenvalue weighted by molar-refractivity contribution is 6.33. The predicted octanol–water partition coefficient (Wildman–Crippen LogP) is 3.06. The van der Waals surface area contributed by atoms with Gasteiger partial charge in [0.2, 0.25) is 0 Å². The van der Waals surface area contributed by atoms with Crippen LogP contribution in [0.3, 0.4) is 0 Å². The summed E-state index contributed by atoms with van der Waals surface area (Å²) in [4.78, 5) is 16.5. The van der Waals surface area contributed by atoms with Crippen LogP contribution >= 0.6 is 11.6 Å². The first kappa shape index (κ1) is 14.9. The Labute approximate surface area is 134 Å². The Morgan fingerprint density at radius 3 is 2.91 bits per heavy atom. The number of amides is 1. The van der Waals surface area contributed by atoms with Crippen molar-refractivity contribution < 1.29 is 9.53 Å². The van der Waals surface area contributed by atoms with Crippen molar-refractivity contribution >= 4 is 17.5 Å². The Balaban J connectivity index is 2.03. The van der Waals surface area contributed by atoms with E-state index in [0.29, 0.717) is 35.9 Å². The number of carbonyl (C=O) groups excluding carboxylic acids is 1. The number of nitrogens with zero attached hydrogens (tertiary/aromatic N) is 1. The molecule has 0 radical (unpaired) electrons. The van der Waals surface area contributed by atoms with Gasteiger partial charge >= 0.3 is 0 Å². The number of ether oxygens (including phenoxy) is 1. The zero-order valence-corrected chi connectivity index (χ0v) is 13.3. The first-order valence-corrected chi connectivity index (χ1v) is 7.58. The number of carbonyl (C=O) groups is 1. The van der Waals surface area contributed by atoms with E-state index in [1.54, 1.807) is 0 Å². The van der Waals surface area contributed by atoms with E-state index in [2.05, 4.69) is 10.3 Å². The van der Waals surface area contributed by atoms with E-state index in [9.17, 15) is 4.79 Å². The Kier molecular flexibility index (Phi) is 4.03. The first-order chi connectivity index (χ1) is 10.6. The zero-order valence-electron chi connectivity index (χ0n) is 12.6. The first-order valence-electron chi connectivity index (χ1n) is 7.21. The molecule has 0 unspecified atom stereocenters. The number of aryl methyl sites for hydroxylation is 1. The molecule has 0 saturated carbocycles. The van der Waals surface area contributed by atoms with Crippen molar-refractivity contribution in [1.29, 1.82) is 0 Å². The molecule has 2 heterocycles. The molecule has 22 heavy (non-hydrogen) atoms. The molecule has 1 aromatic heterocycles. The van der Waals surface area contributed by atoms with Crippen molar-refractivity contribution in [1.82, 2.24) is 10.3 Å². The summed E-state index contributed by atoms with van der Waals surface area (Å²) in [5, 5.41) is 3.33. The number of halogens is 1. The average Bonchev–Trinajstić information content (AvgIpc) is 2.69. The zero-order chi connectivity index (χ0) is 15.7. The third-order valence-corrected chi connectivity index (χ3v) is 4.27. The monoisotopic (exact) mass is 316 g/mol. The molecule has 1 aliphatic rings. The summed E-state index contributed by atoms with van der Waals surface area (Å²) in [7, 11) is 0. The van der Waals surface area contributed by atoms with Crippen LogP contribution in [0.5, 0.6) is 5.75 Å². The van der Waals surface area contributed by atoms with Gasteiger partial charge in [0.1, 0.15) is 6.61 Å². The maximum atomic E-state index is 12.2. The fraction of sp³-hybridized carbons (Fsp3) is 0.294. The minimum Gasteiger partial charge on any atom is -0.489 e. The predicted molar refractivity (Wildman–Crippen MR) is 85.8 cm³/mol. The average molecular weight is 317 g/mol. The minimum atomic E-state index is -0.141. The van der Waals surface area contributed by atoms with Gasteiger partial charge < -0.3 is 10.1 Å². The van der Waals surface area contributed by atoms with Crippen LogP contribution in [0.25, 0.3) is 0 Å². The van der Waals surface area contributed by atoms with E-state index in [1.165, 1.54) is 0 Å². The molecular formula is C17H17ClN2O2. The van der Waals surface area contributed by atoms with Gasteiger partial charge in [-0.15, -0.1) is 0 Å². The van der Waals surface area contributed by atoms with Crippen molar-refractivity contribution in [3.05, 3.63) is 57.4 Å². The summed E-state index contributed by atoms with van der Waals surface area (Å²) in [5.41, 5.74) is 4.52. The second kappa shape index (κ2) is 5.97. The lowest BCUT2D eigenvalue weighted by atomic mass is 9.97. The van der Waals surface area contributed by atoms with Gasteiger partial charge in [0.05, 0.1) is 17.1 Å². The van der Waals surface area contributed by atoms with Crippen LogP contribution in [0.1, 0.15) is 32.7 Å². The maximum Gasteiger partial charge on any atom is 0.255 e. The summed E-state index contributed by atoms with van der Waals surface area (Å²) in [6, 6.07) is 5.89. The SMILES string of the molecule is Cc1ccc(Cc2cc3c(c(Cl)c2C)OCCNC3=O)cn1. The number of nitrogens with one attached hydrogen (secondary N) is 1. The van der Waals surface area contributed by atoms with Crippen molar-refractivity contribution in [3.63, 3.8) is 0 Å². The van der Waals surface area contributed by atoms with Crippen molar-refractivity contribution in [2.75, 3.05) is 13.2 Å². The molecule has 1 amide bonds. The molecule has 114 valence electrons. The van der Waals surface area contributed by atoms with Gasteiger partial charge in [0.15, 0.2) is 5.75 Å². The van der Waals surface area contributed by atoms with Crippen LogP contribution in [-0.2, 0) is 6.42 Å². The number of rotatable bonds is 2. The fourth-order valence-corrected chi connectivity index (χ4v) is 2.78. The van der Waals surface area contributed by atoms with E-state index < -0.39 is 0 Å². The smallest absolute Gasteiger partial charge is 0.255 e. The molecule has 3 rings (SSSR count). The molecular weight excluding hydrogens is 300 g/mol. The van der Waals surface area contributed by atoms with Crippen molar-refractivity contribution in [2.24, 2.45) is 0 Å². The van der Waals surface area contributed by atoms with Gasteiger partial charge in [-0.1, -0.05) is 17.7 Å². The van der Waals surface area contributed by atoms with Crippen LogP contribution < -0.4 is 10.1 Å². The number of fused-ring (bicyclic) bond motifs is 1. The lowest BCUT2D eigenvalue weighted by Crippen LogP contribution is -2.24. The summed E-state index contributed by atoms with van der Waals surface area (Å²) < 4.78 is 5.62. The van der Waals surface area contributed by atoms with E-state index in [4.69, 9.17) is 16.3 Å². The molecule has 0 fully saturated rings. The molecule has 5 heteroatoms.